The molecule has 2 unspecified atom stereocenters. The highest BCUT2D eigenvalue weighted by Gasteiger charge is 2.42. The summed E-state index contributed by atoms with van der Waals surface area (Å²) in [7, 11) is 0. The SMILES string of the molecule is NC(=S)c1ccc(N2CCC3(O)CCCCC3C2)c(Br)c1. The Hall–Kier alpha value is -0.650. The van der Waals surface area contributed by atoms with Gasteiger partial charge in [-0.15, -0.1) is 0 Å². The molecular formula is C16H21BrN2OS. The predicted molar refractivity (Wildman–Crippen MR) is 93.8 cm³/mol. The van der Waals surface area contributed by atoms with Gasteiger partial charge < -0.3 is 15.7 Å². The average Bonchev–Trinajstić information content (AvgIpc) is 2.46. The van der Waals surface area contributed by atoms with Crippen LogP contribution in [0.4, 0.5) is 5.69 Å². The van der Waals surface area contributed by atoms with Crippen molar-refractivity contribution in [2.75, 3.05) is 18.0 Å². The fraction of sp³-hybridized carbons (Fsp3) is 0.562. The maximum atomic E-state index is 10.8. The molecule has 3 rings (SSSR count). The van der Waals surface area contributed by atoms with Crippen molar-refractivity contribution in [2.45, 2.75) is 37.7 Å². The van der Waals surface area contributed by atoms with E-state index < -0.39 is 5.60 Å². The van der Waals surface area contributed by atoms with Crippen molar-refractivity contribution < 1.29 is 5.11 Å². The lowest BCUT2D eigenvalue weighted by molar-refractivity contribution is -0.0612. The third kappa shape index (κ3) is 2.96. The largest absolute Gasteiger partial charge is 0.389 e. The Morgan fingerprint density at radius 3 is 2.90 bits per heavy atom. The van der Waals surface area contributed by atoms with Gasteiger partial charge in [0.15, 0.2) is 0 Å². The van der Waals surface area contributed by atoms with Crippen molar-refractivity contribution in [3.05, 3.63) is 28.2 Å². The fourth-order valence-electron chi connectivity index (χ4n) is 3.71. The Labute approximate surface area is 139 Å². The topological polar surface area (TPSA) is 49.5 Å². The molecule has 0 radical (unpaired) electrons. The molecule has 1 aliphatic heterocycles. The van der Waals surface area contributed by atoms with E-state index in [1.54, 1.807) is 0 Å². The van der Waals surface area contributed by atoms with Gasteiger partial charge in [0.1, 0.15) is 4.99 Å². The maximum Gasteiger partial charge on any atom is 0.104 e. The molecule has 1 aromatic carbocycles. The normalized spacial score (nSPS) is 29.0. The number of thiocarbonyl (C=S) groups is 1. The first-order valence-corrected chi connectivity index (χ1v) is 8.76. The Kier molecular flexibility index (Phi) is 4.26. The van der Waals surface area contributed by atoms with Crippen LogP contribution in [-0.2, 0) is 0 Å². The molecule has 1 aliphatic carbocycles. The lowest BCUT2D eigenvalue weighted by Crippen LogP contribution is -2.53. The minimum atomic E-state index is -0.431. The van der Waals surface area contributed by atoms with Crippen molar-refractivity contribution in [1.29, 1.82) is 0 Å². The van der Waals surface area contributed by atoms with Gasteiger partial charge >= 0.3 is 0 Å². The highest BCUT2D eigenvalue weighted by atomic mass is 79.9. The summed E-state index contributed by atoms with van der Waals surface area (Å²) in [6, 6.07) is 6.04. The van der Waals surface area contributed by atoms with E-state index in [2.05, 4.69) is 26.9 Å². The summed E-state index contributed by atoms with van der Waals surface area (Å²) in [4.78, 5) is 2.79. The highest BCUT2D eigenvalue weighted by Crippen LogP contribution is 2.42. The van der Waals surface area contributed by atoms with Gasteiger partial charge in [-0.2, -0.15) is 0 Å². The molecule has 2 atom stereocenters. The second-order valence-corrected chi connectivity index (χ2v) is 7.57. The third-order valence-electron chi connectivity index (χ3n) is 5.00. The summed E-state index contributed by atoms with van der Waals surface area (Å²) in [5.74, 6) is 0.391. The standard InChI is InChI=1S/C16H21BrN2OS/c17-13-9-11(15(18)21)4-5-14(13)19-8-7-16(20)6-2-1-3-12(16)10-19/h4-5,9,12,20H,1-3,6-8,10H2,(H2,18,21). The molecule has 5 heteroatoms. The number of hydrogen-bond donors (Lipinski definition) is 2. The van der Waals surface area contributed by atoms with Gasteiger partial charge in [0.2, 0.25) is 0 Å². The van der Waals surface area contributed by atoms with Crippen LogP contribution in [0.25, 0.3) is 0 Å². The third-order valence-corrected chi connectivity index (χ3v) is 5.87. The minimum absolute atomic E-state index is 0.391. The first-order chi connectivity index (χ1) is 9.99. The van der Waals surface area contributed by atoms with Crippen LogP contribution in [0.1, 0.15) is 37.7 Å². The summed E-state index contributed by atoms with van der Waals surface area (Å²) in [6.07, 6.45) is 5.37. The summed E-state index contributed by atoms with van der Waals surface area (Å²) >= 11 is 8.66. The van der Waals surface area contributed by atoms with Crippen LogP contribution in [0, 0.1) is 5.92 Å². The molecule has 1 aromatic rings. The molecule has 0 amide bonds. The van der Waals surface area contributed by atoms with Crippen molar-refractivity contribution in [3.63, 3.8) is 0 Å². The van der Waals surface area contributed by atoms with E-state index in [1.807, 2.05) is 12.1 Å². The molecule has 2 fully saturated rings. The molecule has 0 spiro atoms. The van der Waals surface area contributed by atoms with E-state index in [4.69, 9.17) is 18.0 Å². The number of piperidine rings is 1. The summed E-state index contributed by atoms with van der Waals surface area (Å²) in [6.45, 7) is 1.83. The molecule has 1 saturated carbocycles. The van der Waals surface area contributed by atoms with E-state index in [0.29, 0.717) is 10.9 Å². The van der Waals surface area contributed by atoms with Gasteiger partial charge in [-0.25, -0.2) is 0 Å². The lowest BCUT2D eigenvalue weighted by atomic mass is 9.71. The van der Waals surface area contributed by atoms with Crippen LogP contribution in [0.15, 0.2) is 22.7 Å². The summed E-state index contributed by atoms with van der Waals surface area (Å²) in [5, 5.41) is 10.8. The number of hydrogen-bond acceptors (Lipinski definition) is 3. The van der Waals surface area contributed by atoms with Crippen molar-refractivity contribution in [1.82, 2.24) is 0 Å². The summed E-state index contributed by atoms with van der Waals surface area (Å²) in [5.41, 5.74) is 7.30. The smallest absolute Gasteiger partial charge is 0.104 e. The molecule has 0 bridgehead atoms. The number of nitrogens with zero attached hydrogens (tertiary/aromatic N) is 1. The van der Waals surface area contributed by atoms with Crippen LogP contribution in [0.5, 0.6) is 0 Å². The monoisotopic (exact) mass is 368 g/mol. The second-order valence-electron chi connectivity index (χ2n) is 6.27. The zero-order valence-corrected chi connectivity index (χ0v) is 14.4. The maximum absolute atomic E-state index is 10.8. The lowest BCUT2D eigenvalue weighted by Gasteiger charge is -2.48. The Morgan fingerprint density at radius 1 is 1.38 bits per heavy atom. The van der Waals surface area contributed by atoms with Gasteiger partial charge in [0.25, 0.3) is 0 Å². The van der Waals surface area contributed by atoms with Gasteiger partial charge in [-0.3, -0.25) is 0 Å². The molecule has 3 nitrogen and oxygen atoms in total. The zero-order valence-electron chi connectivity index (χ0n) is 12.0. The molecule has 114 valence electrons. The first-order valence-electron chi connectivity index (χ1n) is 7.56. The van der Waals surface area contributed by atoms with E-state index in [-0.39, 0.29) is 0 Å². The van der Waals surface area contributed by atoms with Crippen LogP contribution < -0.4 is 10.6 Å². The van der Waals surface area contributed by atoms with Crippen LogP contribution in [0.3, 0.4) is 0 Å². The molecule has 0 aromatic heterocycles. The minimum Gasteiger partial charge on any atom is -0.389 e. The van der Waals surface area contributed by atoms with E-state index >= 15 is 0 Å². The molecular weight excluding hydrogens is 348 g/mol. The number of rotatable bonds is 2. The number of fused-ring (bicyclic) bond motifs is 1. The van der Waals surface area contributed by atoms with Crippen molar-refractivity contribution >= 4 is 38.8 Å². The summed E-state index contributed by atoms with van der Waals surface area (Å²) < 4.78 is 1.02. The molecule has 21 heavy (non-hydrogen) atoms. The Balaban J connectivity index is 1.81. The molecule has 1 heterocycles. The Morgan fingerprint density at radius 2 is 2.19 bits per heavy atom. The number of aliphatic hydroxyl groups is 1. The average molecular weight is 369 g/mol. The highest BCUT2D eigenvalue weighted by molar-refractivity contribution is 9.10. The molecule has 2 aliphatic rings. The van der Waals surface area contributed by atoms with Gasteiger partial charge in [0.05, 0.1) is 11.3 Å². The van der Waals surface area contributed by atoms with Crippen LogP contribution >= 0.6 is 28.1 Å². The number of benzene rings is 1. The van der Waals surface area contributed by atoms with Gasteiger partial charge in [-0.05, 0) is 53.4 Å². The molecule has 3 N–H and O–H groups in total. The number of nitrogens with two attached hydrogens (primary N) is 1. The van der Waals surface area contributed by atoms with Gasteiger partial charge in [-0.1, -0.05) is 25.1 Å². The van der Waals surface area contributed by atoms with E-state index in [0.717, 1.165) is 42.4 Å². The second kappa shape index (κ2) is 5.86. The van der Waals surface area contributed by atoms with Crippen molar-refractivity contribution in [2.24, 2.45) is 11.7 Å². The zero-order chi connectivity index (χ0) is 15.0. The number of anilines is 1. The molecule has 1 saturated heterocycles. The Bertz CT molecular complexity index is 565. The van der Waals surface area contributed by atoms with Crippen LogP contribution in [0.2, 0.25) is 0 Å². The van der Waals surface area contributed by atoms with Crippen LogP contribution in [-0.4, -0.2) is 28.8 Å². The number of halogens is 1. The quantitative estimate of drug-likeness (QED) is 0.786. The van der Waals surface area contributed by atoms with E-state index in [1.165, 1.54) is 18.5 Å². The van der Waals surface area contributed by atoms with Crippen molar-refractivity contribution in [3.8, 4) is 0 Å². The fourth-order valence-corrected chi connectivity index (χ4v) is 4.46. The van der Waals surface area contributed by atoms with Gasteiger partial charge in [0, 0.05) is 29.0 Å². The predicted octanol–water partition coefficient (Wildman–Crippen LogP) is 3.21. The first kappa shape index (κ1) is 15.3. The van der Waals surface area contributed by atoms with E-state index in [9.17, 15) is 5.11 Å².